The van der Waals surface area contributed by atoms with Crippen molar-refractivity contribution in [2.24, 2.45) is 0 Å². The average molecular weight is 211 g/mol. The first-order chi connectivity index (χ1) is 6.90. The summed E-state index contributed by atoms with van der Waals surface area (Å²) in [6.07, 6.45) is 1.08. The van der Waals surface area contributed by atoms with Crippen molar-refractivity contribution in [3.05, 3.63) is 0 Å². The third kappa shape index (κ3) is 4.12. The van der Waals surface area contributed by atoms with Crippen LogP contribution in [-0.2, 0) is 9.47 Å². The molecule has 1 amide bonds. The van der Waals surface area contributed by atoms with Crippen molar-refractivity contribution in [1.29, 1.82) is 0 Å². The number of carbonyl (C=O) groups excluding carboxylic acids is 1. The molecule has 1 aliphatic heterocycles. The van der Waals surface area contributed by atoms with Crippen LogP contribution in [0.2, 0.25) is 0 Å². The van der Waals surface area contributed by atoms with E-state index in [1.807, 2.05) is 20.8 Å². The van der Waals surface area contributed by atoms with E-state index in [9.17, 15) is 4.79 Å². The van der Waals surface area contributed by atoms with Crippen LogP contribution in [0.1, 0.15) is 33.6 Å². The maximum Gasteiger partial charge on any atom is 0.397 e. The van der Waals surface area contributed by atoms with Gasteiger partial charge in [-0.05, 0) is 33.6 Å². The Hall–Kier alpha value is -0.705. The molecule has 0 aromatic rings. The molecule has 0 N–H and O–H groups in total. The van der Waals surface area contributed by atoms with Gasteiger partial charge in [0.1, 0.15) is 5.60 Å². The Morgan fingerprint density at radius 3 is 2.40 bits per heavy atom. The number of nitrogens with zero attached hydrogens (tertiary/aromatic N) is 1. The predicted octanol–water partition coefficient (Wildman–Crippen LogP) is 1.49. The Morgan fingerprint density at radius 2 is 1.93 bits per heavy atom. The second-order valence-electron chi connectivity index (χ2n) is 4.73. The van der Waals surface area contributed by atoms with Gasteiger partial charge in [-0.15, -0.1) is 0 Å². The van der Waals surface area contributed by atoms with E-state index < -0.39 is 11.7 Å². The van der Waals surface area contributed by atoms with Crippen LogP contribution in [0.3, 0.4) is 0 Å². The van der Waals surface area contributed by atoms with E-state index in [0.29, 0.717) is 13.2 Å². The van der Waals surface area contributed by atoms with Gasteiger partial charge in [-0.1, -0.05) is 0 Å². The molecule has 5 heteroatoms. The molecule has 1 heterocycles. The summed E-state index contributed by atoms with van der Waals surface area (Å²) in [6.45, 7) is 6.77. The molecule has 0 spiro atoms. The average Bonchev–Trinajstić information content (AvgIpc) is 2.15. The van der Waals surface area contributed by atoms with E-state index in [0.717, 1.165) is 12.8 Å². The predicted molar refractivity (Wildman–Crippen MR) is 57.7 cm³/mol. The summed E-state index contributed by atoms with van der Waals surface area (Å²) in [5, 5.41) is 0. The summed E-state index contributed by atoms with van der Waals surface area (Å²) in [6, 6.07) is 0.0357. The summed E-state index contributed by atoms with van der Waals surface area (Å²) >= 11 is 0. The third-order valence-electron chi connectivity index (χ3n) is 2.19. The smallest absolute Gasteiger partial charge is 0.397 e. The molecule has 0 atom stereocenters. The van der Waals surface area contributed by atoms with Gasteiger partial charge < -0.3 is 14.3 Å². The molecule has 0 aliphatic carbocycles. The first-order valence-electron chi connectivity index (χ1n) is 5.25. The fourth-order valence-electron chi connectivity index (χ4n) is 1.43. The van der Waals surface area contributed by atoms with E-state index in [-0.39, 0.29) is 6.04 Å². The number of rotatable bonds is 1. The van der Waals surface area contributed by atoms with Crippen LogP contribution in [0.5, 0.6) is 0 Å². The number of hydrogen-bond acceptors (Lipinski definition) is 3. The van der Waals surface area contributed by atoms with E-state index in [4.69, 9.17) is 17.5 Å². The molecule has 1 rings (SSSR count). The second-order valence-corrected chi connectivity index (χ2v) is 4.73. The van der Waals surface area contributed by atoms with Crippen molar-refractivity contribution in [2.75, 3.05) is 13.2 Å². The zero-order chi connectivity index (χ0) is 11.5. The van der Waals surface area contributed by atoms with Gasteiger partial charge in [-0.25, -0.2) is 4.79 Å². The lowest BCUT2D eigenvalue weighted by Gasteiger charge is -2.33. The minimum absolute atomic E-state index is 0.0357. The van der Waals surface area contributed by atoms with Gasteiger partial charge in [0, 0.05) is 19.3 Å². The molecule has 4 nitrogen and oxygen atoms in total. The molecule has 15 heavy (non-hydrogen) atoms. The number of ether oxygens (including phenoxy) is 2. The van der Waals surface area contributed by atoms with Gasteiger partial charge in [0.25, 0.3) is 0 Å². The van der Waals surface area contributed by atoms with E-state index in [2.05, 4.69) is 0 Å². The standard InChI is InChI=1S/C10H18BNO3/c1-10(2,3)15-9(13)12(11)8-4-6-14-7-5-8/h8H,4-7H2,1-3H3. The van der Waals surface area contributed by atoms with Crippen molar-refractivity contribution in [3.8, 4) is 0 Å². The highest BCUT2D eigenvalue weighted by Gasteiger charge is 2.25. The van der Waals surface area contributed by atoms with Crippen molar-refractivity contribution < 1.29 is 14.3 Å². The molecular formula is C10H18BNO3. The molecule has 2 radical (unpaired) electrons. The first kappa shape index (κ1) is 12.4. The first-order valence-corrected chi connectivity index (χ1v) is 5.25. The Balaban J connectivity index is 2.44. The monoisotopic (exact) mass is 211 g/mol. The molecule has 0 bridgehead atoms. The molecule has 0 unspecified atom stereocenters. The van der Waals surface area contributed by atoms with Crippen LogP contribution in [-0.4, -0.2) is 43.7 Å². The molecule has 84 valence electrons. The van der Waals surface area contributed by atoms with E-state index >= 15 is 0 Å². The summed E-state index contributed by atoms with van der Waals surface area (Å²) in [5.41, 5.74) is -0.500. The summed E-state index contributed by atoms with van der Waals surface area (Å²) in [5.74, 6) is 0. The summed E-state index contributed by atoms with van der Waals surface area (Å²) in [7, 11) is 5.70. The third-order valence-corrected chi connectivity index (χ3v) is 2.19. The fourth-order valence-corrected chi connectivity index (χ4v) is 1.43. The van der Waals surface area contributed by atoms with E-state index in [1.54, 1.807) is 0 Å². The van der Waals surface area contributed by atoms with Gasteiger partial charge in [0.2, 0.25) is 7.98 Å². The molecule has 1 saturated heterocycles. The molecule has 0 aromatic heterocycles. The van der Waals surface area contributed by atoms with Gasteiger partial charge in [-0.3, -0.25) is 0 Å². The minimum Gasteiger partial charge on any atom is -0.445 e. The minimum atomic E-state index is -0.500. The lowest BCUT2D eigenvalue weighted by atomic mass is 10.0. The van der Waals surface area contributed by atoms with Crippen LogP contribution in [0.25, 0.3) is 0 Å². The van der Waals surface area contributed by atoms with E-state index in [1.165, 1.54) is 4.81 Å². The Morgan fingerprint density at radius 1 is 1.40 bits per heavy atom. The topological polar surface area (TPSA) is 38.8 Å². The zero-order valence-corrected chi connectivity index (χ0v) is 9.66. The highest BCUT2D eigenvalue weighted by Crippen LogP contribution is 2.16. The Kier molecular flexibility index (Phi) is 4.02. The van der Waals surface area contributed by atoms with Crippen molar-refractivity contribution in [2.45, 2.75) is 45.3 Å². The number of carbonyl (C=O) groups is 1. The largest absolute Gasteiger partial charge is 0.445 e. The van der Waals surface area contributed by atoms with Crippen molar-refractivity contribution in [3.63, 3.8) is 0 Å². The van der Waals surface area contributed by atoms with Crippen LogP contribution in [0.15, 0.2) is 0 Å². The zero-order valence-electron chi connectivity index (χ0n) is 9.66. The van der Waals surface area contributed by atoms with Crippen LogP contribution in [0.4, 0.5) is 4.79 Å². The van der Waals surface area contributed by atoms with Crippen LogP contribution >= 0.6 is 0 Å². The molecule has 1 fully saturated rings. The normalized spacial score (nSPS) is 18.6. The lowest BCUT2D eigenvalue weighted by molar-refractivity contribution is 0.0169. The molecular weight excluding hydrogens is 193 g/mol. The Labute approximate surface area is 92.3 Å². The quantitative estimate of drug-likeness (QED) is 0.616. The van der Waals surface area contributed by atoms with Gasteiger partial charge in [-0.2, -0.15) is 0 Å². The highest BCUT2D eigenvalue weighted by molar-refractivity contribution is 6.13. The Bertz CT molecular complexity index is 221. The number of amides is 1. The van der Waals surface area contributed by atoms with Crippen molar-refractivity contribution >= 4 is 14.1 Å². The summed E-state index contributed by atoms with van der Waals surface area (Å²) < 4.78 is 10.4. The highest BCUT2D eigenvalue weighted by atomic mass is 16.6. The van der Waals surface area contributed by atoms with Crippen molar-refractivity contribution in [1.82, 2.24) is 4.81 Å². The second kappa shape index (κ2) is 4.88. The van der Waals surface area contributed by atoms with Crippen LogP contribution in [0, 0.1) is 0 Å². The fraction of sp³-hybridized carbons (Fsp3) is 0.900. The molecule has 0 aromatic carbocycles. The van der Waals surface area contributed by atoms with Gasteiger partial charge in [0.15, 0.2) is 0 Å². The van der Waals surface area contributed by atoms with Crippen LogP contribution < -0.4 is 0 Å². The molecule has 0 saturated carbocycles. The SMILES string of the molecule is [B]N(C(=O)OC(C)(C)C)C1CCOCC1. The van der Waals surface area contributed by atoms with Gasteiger partial charge in [0.05, 0.1) is 0 Å². The lowest BCUT2D eigenvalue weighted by Crippen LogP contribution is -2.44. The maximum absolute atomic E-state index is 11.6. The molecule has 1 aliphatic rings. The maximum atomic E-state index is 11.6. The summed E-state index contributed by atoms with van der Waals surface area (Å²) in [4.78, 5) is 12.8. The van der Waals surface area contributed by atoms with Gasteiger partial charge >= 0.3 is 6.09 Å². The number of hydrogen-bond donors (Lipinski definition) is 0.